The van der Waals surface area contributed by atoms with E-state index in [9.17, 15) is 4.79 Å². The molecule has 0 radical (unpaired) electrons. The number of carbonyl (C=O) groups excluding carboxylic acids is 1. The first-order valence-electron chi connectivity index (χ1n) is 8.25. The molecule has 6 heteroatoms. The van der Waals surface area contributed by atoms with Crippen molar-refractivity contribution in [3.8, 4) is 0 Å². The minimum Gasteiger partial charge on any atom is -0.382 e. The molecule has 0 aromatic heterocycles. The maximum atomic E-state index is 11.7. The number of carbonyl (C=O) groups is 1. The van der Waals surface area contributed by atoms with E-state index in [1.165, 1.54) is 0 Å². The zero-order valence-electron chi connectivity index (χ0n) is 14.4. The number of Topliss-reactive ketones (excluding diaryl/α,β-unsaturated/α-hetero) is 1. The maximum absolute atomic E-state index is 11.7. The van der Waals surface area contributed by atoms with E-state index in [1.807, 2.05) is 13.8 Å². The number of methoxy groups -OCH3 is 1. The van der Waals surface area contributed by atoms with Crippen molar-refractivity contribution in [1.29, 1.82) is 0 Å². The van der Waals surface area contributed by atoms with Gasteiger partial charge in [0.05, 0.1) is 39.6 Å². The smallest absolute Gasteiger partial charge is 0.149 e. The summed E-state index contributed by atoms with van der Waals surface area (Å²) < 4.78 is 15.8. The highest BCUT2D eigenvalue weighted by Crippen LogP contribution is 2.04. The monoisotopic (exact) mass is 316 g/mol. The second kappa shape index (κ2) is 12.0. The van der Waals surface area contributed by atoms with Crippen LogP contribution >= 0.6 is 0 Å². The highest BCUT2D eigenvalue weighted by atomic mass is 16.5. The van der Waals surface area contributed by atoms with Crippen LogP contribution < -0.4 is 0 Å². The molecule has 0 atom stereocenters. The molecule has 6 nitrogen and oxygen atoms in total. The lowest BCUT2D eigenvalue weighted by molar-refractivity contribution is -0.123. The van der Waals surface area contributed by atoms with Crippen LogP contribution in [-0.4, -0.2) is 95.0 Å². The number of nitrogens with zero attached hydrogens (tertiary/aromatic N) is 2. The lowest BCUT2D eigenvalue weighted by atomic mass is 10.1. The predicted octanol–water partition coefficient (Wildman–Crippen LogP) is 0.509. The summed E-state index contributed by atoms with van der Waals surface area (Å²) in [4.78, 5) is 16.4. The van der Waals surface area contributed by atoms with E-state index >= 15 is 0 Å². The van der Waals surface area contributed by atoms with E-state index in [-0.39, 0.29) is 5.92 Å². The second-order valence-electron chi connectivity index (χ2n) is 5.96. The number of ketones is 1. The maximum Gasteiger partial charge on any atom is 0.149 e. The van der Waals surface area contributed by atoms with E-state index in [4.69, 9.17) is 14.2 Å². The van der Waals surface area contributed by atoms with Crippen LogP contribution in [0.3, 0.4) is 0 Å². The molecule has 0 aliphatic carbocycles. The summed E-state index contributed by atoms with van der Waals surface area (Å²) in [7, 11) is 1.67. The van der Waals surface area contributed by atoms with E-state index < -0.39 is 0 Å². The molecule has 1 fully saturated rings. The minimum absolute atomic E-state index is 0.137. The third kappa shape index (κ3) is 8.80. The van der Waals surface area contributed by atoms with Crippen LogP contribution in [0.5, 0.6) is 0 Å². The fourth-order valence-electron chi connectivity index (χ4n) is 2.23. The average molecular weight is 316 g/mol. The molecule has 0 N–H and O–H groups in total. The van der Waals surface area contributed by atoms with Crippen LogP contribution in [0.1, 0.15) is 13.8 Å². The Morgan fingerprint density at radius 2 is 1.45 bits per heavy atom. The molecule has 0 unspecified atom stereocenters. The standard InChI is InChI=1S/C16H32N2O4/c1-15(2)16(19)14-18-6-4-17(5-7-18)8-9-21-12-13-22-11-10-20-3/h15H,4-14H2,1-3H3. The normalized spacial score (nSPS) is 17.3. The van der Waals surface area contributed by atoms with Gasteiger partial charge in [-0.25, -0.2) is 0 Å². The molecule has 0 spiro atoms. The Kier molecular flexibility index (Phi) is 10.6. The molecule has 0 aromatic rings. The van der Waals surface area contributed by atoms with Crippen LogP contribution in [0.4, 0.5) is 0 Å². The first-order chi connectivity index (χ1) is 10.6. The largest absolute Gasteiger partial charge is 0.382 e. The molecule has 1 rings (SSSR count). The summed E-state index contributed by atoms with van der Waals surface area (Å²) >= 11 is 0. The van der Waals surface area contributed by atoms with Crippen molar-refractivity contribution in [3.05, 3.63) is 0 Å². The van der Waals surface area contributed by atoms with Gasteiger partial charge in [0.25, 0.3) is 0 Å². The Labute approximate surface area is 134 Å². The Bertz CT molecular complexity index is 292. The van der Waals surface area contributed by atoms with E-state index in [0.717, 1.165) is 39.3 Å². The fourth-order valence-corrected chi connectivity index (χ4v) is 2.23. The lowest BCUT2D eigenvalue weighted by Crippen LogP contribution is -2.49. The van der Waals surface area contributed by atoms with Gasteiger partial charge in [0.15, 0.2) is 0 Å². The van der Waals surface area contributed by atoms with Gasteiger partial charge in [-0.1, -0.05) is 13.8 Å². The summed E-state index contributed by atoms with van der Waals surface area (Å²) in [5.41, 5.74) is 0. The summed E-state index contributed by atoms with van der Waals surface area (Å²) in [6.07, 6.45) is 0. The molecule has 1 heterocycles. The highest BCUT2D eigenvalue weighted by Gasteiger charge is 2.19. The summed E-state index contributed by atoms with van der Waals surface area (Å²) in [6, 6.07) is 0. The molecule has 0 aromatic carbocycles. The van der Waals surface area contributed by atoms with Crippen molar-refractivity contribution in [2.24, 2.45) is 5.92 Å². The van der Waals surface area contributed by atoms with Gasteiger partial charge in [-0.15, -0.1) is 0 Å². The van der Waals surface area contributed by atoms with E-state index in [2.05, 4.69) is 9.80 Å². The third-order valence-electron chi connectivity index (χ3n) is 3.84. The lowest BCUT2D eigenvalue weighted by Gasteiger charge is -2.34. The summed E-state index contributed by atoms with van der Waals surface area (Å²) in [6.45, 7) is 12.7. The Hall–Kier alpha value is -0.530. The molecule has 0 bridgehead atoms. The van der Waals surface area contributed by atoms with Crippen molar-refractivity contribution in [1.82, 2.24) is 9.80 Å². The van der Waals surface area contributed by atoms with Gasteiger partial charge in [0.2, 0.25) is 0 Å². The first kappa shape index (κ1) is 19.5. The Balaban J connectivity index is 1.96. The van der Waals surface area contributed by atoms with Crippen molar-refractivity contribution < 1.29 is 19.0 Å². The highest BCUT2D eigenvalue weighted by molar-refractivity contribution is 5.82. The molecule has 0 amide bonds. The molecule has 0 saturated carbocycles. The van der Waals surface area contributed by atoms with Gasteiger partial charge in [-0.3, -0.25) is 14.6 Å². The third-order valence-corrected chi connectivity index (χ3v) is 3.84. The number of hydrogen-bond acceptors (Lipinski definition) is 6. The fraction of sp³-hybridized carbons (Fsp3) is 0.938. The first-order valence-corrected chi connectivity index (χ1v) is 8.25. The molecule has 1 aliphatic heterocycles. The zero-order valence-corrected chi connectivity index (χ0v) is 14.4. The number of ether oxygens (including phenoxy) is 3. The van der Waals surface area contributed by atoms with Gasteiger partial charge in [-0.2, -0.15) is 0 Å². The molecule has 130 valence electrons. The number of piperazine rings is 1. The molecule has 1 aliphatic rings. The Morgan fingerprint density at radius 1 is 0.909 bits per heavy atom. The number of hydrogen-bond donors (Lipinski definition) is 0. The van der Waals surface area contributed by atoms with Crippen molar-refractivity contribution >= 4 is 5.78 Å². The van der Waals surface area contributed by atoms with Crippen molar-refractivity contribution in [2.45, 2.75) is 13.8 Å². The molecular weight excluding hydrogens is 284 g/mol. The van der Waals surface area contributed by atoms with Crippen LogP contribution in [0.25, 0.3) is 0 Å². The predicted molar refractivity (Wildman–Crippen MR) is 86.2 cm³/mol. The SMILES string of the molecule is COCCOCCOCCN1CCN(CC(=O)C(C)C)CC1. The van der Waals surface area contributed by atoms with Gasteiger partial charge in [-0.05, 0) is 0 Å². The van der Waals surface area contributed by atoms with Gasteiger partial charge >= 0.3 is 0 Å². The number of rotatable bonds is 12. The van der Waals surface area contributed by atoms with E-state index in [1.54, 1.807) is 7.11 Å². The van der Waals surface area contributed by atoms with Gasteiger partial charge in [0.1, 0.15) is 5.78 Å². The molecule has 1 saturated heterocycles. The summed E-state index contributed by atoms with van der Waals surface area (Å²) in [5.74, 6) is 0.475. The van der Waals surface area contributed by atoms with Crippen molar-refractivity contribution in [2.75, 3.05) is 79.4 Å². The second-order valence-corrected chi connectivity index (χ2v) is 5.96. The summed E-state index contributed by atoms with van der Waals surface area (Å²) in [5, 5.41) is 0. The quantitative estimate of drug-likeness (QED) is 0.489. The van der Waals surface area contributed by atoms with Crippen molar-refractivity contribution in [3.63, 3.8) is 0 Å². The van der Waals surface area contributed by atoms with E-state index in [0.29, 0.717) is 38.8 Å². The zero-order chi connectivity index (χ0) is 16.2. The topological polar surface area (TPSA) is 51.2 Å². The van der Waals surface area contributed by atoms with Crippen LogP contribution in [0.2, 0.25) is 0 Å². The molecule has 22 heavy (non-hydrogen) atoms. The minimum atomic E-state index is 0.137. The van der Waals surface area contributed by atoms with Gasteiger partial charge < -0.3 is 14.2 Å². The van der Waals surface area contributed by atoms with Crippen LogP contribution in [0, 0.1) is 5.92 Å². The molecular formula is C16H32N2O4. The van der Waals surface area contributed by atoms with Gasteiger partial charge in [0, 0.05) is 45.8 Å². The average Bonchev–Trinajstić information content (AvgIpc) is 2.51. The van der Waals surface area contributed by atoms with Crippen LogP contribution in [0.15, 0.2) is 0 Å². The Morgan fingerprint density at radius 3 is 2.05 bits per heavy atom. The van der Waals surface area contributed by atoms with Crippen LogP contribution in [-0.2, 0) is 19.0 Å².